The van der Waals surface area contributed by atoms with Crippen LogP contribution in [0.2, 0.25) is 0 Å². The van der Waals surface area contributed by atoms with Crippen LogP contribution < -0.4 is 10.0 Å². The average molecular weight is 467 g/mol. The van der Waals surface area contributed by atoms with E-state index in [1.807, 2.05) is 0 Å². The molecule has 0 saturated heterocycles. The number of anilines is 2. The minimum atomic E-state index is -3.77. The summed E-state index contributed by atoms with van der Waals surface area (Å²) in [7, 11) is -3.77. The highest BCUT2D eigenvalue weighted by Crippen LogP contribution is 2.20. The molecule has 0 aliphatic heterocycles. The lowest BCUT2D eigenvalue weighted by atomic mass is 10.2. The van der Waals surface area contributed by atoms with E-state index in [1.165, 1.54) is 42.5 Å². The Morgan fingerprint density at radius 3 is 2.04 bits per heavy atom. The molecule has 0 heterocycles. The summed E-state index contributed by atoms with van der Waals surface area (Å²) < 4.78 is 54.0. The Labute approximate surface area is 168 Å². The lowest BCUT2D eigenvalue weighted by Crippen LogP contribution is -2.14. The number of sulfonamides is 1. The van der Waals surface area contributed by atoms with Gasteiger partial charge in [-0.05, 0) is 60.7 Å². The van der Waals surface area contributed by atoms with Gasteiger partial charge in [0.05, 0.1) is 4.90 Å². The highest BCUT2D eigenvalue weighted by Gasteiger charge is 2.14. The van der Waals surface area contributed by atoms with Crippen LogP contribution in [0, 0.1) is 11.6 Å². The van der Waals surface area contributed by atoms with E-state index in [4.69, 9.17) is 0 Å². The normalized spacial score (nSPS) is 11.1. The molecule has 0 fully saturated rings. The van der Waals surface area contributed by atoms with Gasteiger partial charge in [-0.3, -0.25) is 9.52 Å². The molecule has 0 aliphatic carbocycles. The molecule has 0 aliphatic rings. The molecule has 3 aromatic carbocycles. The standard InChI is InChI=1S/C19H13BrF2N2O3S/c20-13-3-8-16(9-4-13)28(26,27)24-14-5-1-12(2-6-14)19(25)23-15-7-10-17(21)18(22)11-15/h1-11,24H,(H,23,25). The van der Waals surface area contributed by atoms with Crippen LogP contribution in [0.5, 0.6) is 0 Å². The van der Waals surface area contributed by atoms with Gasteiger partial charge in [0.1, 0.15) is 0 Å². The Hall–Kier alpha value is -2.78. The Morgan fingerprint density at radius 1 is 0.821 bits per heavy atom. The molecule has 28 heavy (non-hydrogen) atoms. The molecule has 0 radical (unpaired) electrons. The van der Waals surface area contributed by atoms with E-state index in [0.29, 0.717) is 0 Å². The third-order valence-corrected chi connectivity index (χ3v) is 5.63. The number of carbonyl (C=O) groups excluding carboxylic acids is 1. The van der Waals surface area contributed by atoms with E-state index in [-0.39, 0.29) is 21.8 Å². The van der Waals surface area contributed by atoms with Gasteiger partial charge in [-0.25, -0.2) is 17.2 Å². The highest BCUT2D eigenvalue weighted by atomic mass is 79.9. The predicted molar refractivity (Wildman–Crippen MR) is 106 cm³/mol. The second-order valence-electron chi connectivity index (χ2n) is 5.72. The molecular formula is C19H13BrF2N2O3S. The maximum absolute atomic E-state index is 13.2. The molecule has 0 atom stereocenters. The van der Waals surface area contributed by atoms with Crippen LogP contribution in [-0.2, 0) is 10.0 Å². The lowest BCUT2D eigenvalue weighted by Gasteiger charge is -2.09. The van der Waals surface area contributed by atoms with Crippen molar-refractivity contribution in [3.8, 4) is 0 Å². The van der Waals surface area contributed by atoms with Crippen molar-refractivity contribution >= 4 is 43.2 Å². The molecule has 0 bridgehead atoms. The monoisotopic (exact) mass is 466 g/mol. The van der Waals surface area contributed by atoms with Gasteiger partial charge in [-0.15, -0.1) is 0 Å². The molecule has 3 aromatic rings. The third-order valence-electron chi connectivity index (χ3n) is 3.70. The number of rotatable bonds is 5. The van der Waals surface area contributed by atoms with Crippen LogP contribution in [0.1, 0.15) is 10.4 Å². The zero-order chi connectivity index (χ0) is 20.3. The van der Waals surface area contributed by atoms with Crippen molar-refractivity contribution in [1.29, 1.82) is 0 Å². The third kappa shape index (κ3) is 4.73. The zero-order valence-corrected chi connectivity index (χ0v) is 16.5. The van der Waals surface area contributed by atoms with Crippen LogP contribution in [0.15, 0.2) is 76.1 Å². The number of carbonyl (C=O) groups is 1. The number of amides is 1. The van der Waals surface area contributed by atoms with Crippen LogP contribution in [0.3, 0.4) is 0 Å². The maximum Gasteiger partial charge on any atom is 0.261 e. The molecule has 0 saturated carbocycles. The van der Waals surface area contributed by atoms with Crippen molar-refractivity contribution in [2.45, 2.75) is 4.90 Å². The van der Waals surface area contributed by atoms with E-state index in [9.17, 15) is 22.0 Å². The largest absolute Gasteiger partial charge is 0.322 e. The van der Waals surface area contributed by atoms with Crippen molar-refractivity contribution in [2.75, 3.05) is 10.0 Å². The Kier molecular flexibility index (Phi) is 5.76. The number of hydrogen-bond acceptors (Lipinski definition) is 3. The van der Waals surface area contributed by atoms with Gasteiger partial charge >= 0.3 is 0 Å². The molecule has 144 valence electrons. The predicted octanol–water partition coefficient (Wildman–Crippen LogP) is 4.78. The molecule has 5 nitrogen and oxygen atoms in total. The van der Waals surface area contributed by atoms with E-state index in [0.717, 1.165) is 16.6 Å². The molecule has 2 N–H and O–H groups in total. The summed E-state index contributed by atoms with van der Waals surface area (Å²) in [4.78, 5) is 12.3. The first kappa shape index (κ1) is 20.0. The molecule has 3 rings (SSSR count). The summed E-state index contributed by atoms with van der Waals surface area (Å²) in [6, 6.07) is 14.8. The smallest absolute Gasteiger partial charge is 0.261 e. The maximum atomic E-state index is 13.2. The molecule has 0 aromatic heterocycles. The highest BCUT2D eigenvalue weighted by molar-refractivity contribution is 9.10. The second kappa shape index (κ2) is 8.07. The van der Waals surface area contributed by atoms with Gasteiger partial charge in [0.25, 0.3) is 15.9 Å². The summed E-state index contributed by atoms with van der Waals surface area (Å²) in [6.45, 7) is 0. The van der Waals surface area contributed by atoms with Gasteiger partial charge in [-0.1, -0.05) is 15.9 Å². The van der Waals surface area contributed by atoms with E-state index in [2.05, 4.69) is 26.0 Å². The van der Waals surface area contributed by atoms with E-state index < -0.39 is 27.6 Å². The van der Waals surface area contributed by atoms with Crippen LogP contribution in [0.25, 0.3) is 0 Å². The van der Waals surface area contributed by atoms with Crippen molar-refractivity contribution in [3.63, 3.8) is 0 Å². The SMILES string of the molecule is O=C(Nc1ccc(F)c(F)c1)c1ccc(NS(=O)(=O)c2ccc(Br)cc2)cc1. The van der Waals surface area contributed by atoms with Gasteiger partial charge in [0.15, 0.2) is 11.6 Å². The number of halogens is 3. The van der Waals surface area contributed by atoms with Crippen molar-refractivity contribution in [1.82, 2.24) is 0 Å². The quantitative estimate of drug-likeness (QED) is 0.567. The van der Waals surface area contributed by atoms with Crippen LogP contribution in [0.4, 0.5) is 20.2 Å². The molecule has 9 heteroatoms. The fourth-order valence-electron chi connectivity index (χ4n) is 2.29. The van der Waals surface area contributed by atoms with Gasteiger partial charge in [0, 0.05) is 27.5 Å². The summed E-state index contributed by atoms with van der Waals surface area (Å²) in [6.07, 6.45) is 0. The molecule has 1 amide bonds. The fourth-order valence-corrected chi connectivity index (χ4v) is 3.62. The van der Waals surface area contributed by atoms with Crippen LogP contribution >= 0.6 is 15.9 Å². The number of benzene rings is 3. The van der Waals surface area contributed by atoms with Gasteiger partial charge < -0.3 is 5.32 Å². The van der Waals surface area contributed by atoms with Gasteiger partial charge in [-0.2, -0.15) is 0 Å². The summed E-state index contributed by atoms with van der Waals surface area (Å²) in [5.74, 6) is -2.63. The van der Waals surface area contributed by atoms with E-state index in [1.54, 1.807) is 12.1 Å². The Morgan fingerprint density at radius 2 is 1.43 bits per heavy atom. The number of hydrogen-bond donors (Lipinski definition) is 2. The summed E-state index contributed by atoms with van der Waals surface area (Å²) >= 11 is 3.24. The second-order valence-corrected chi connectivity index (χ2v) is 8.32. The van der Waals surface area contributed by atoms with Crippen LogP contribution in [-0.4, -0.2) is 14.3 Å². The summed E-state index contributed by atoms with van der Waals surface area (Å²) in [5, 5.41) is 2.44. The minimum Gasteiger partial charge on any atom is -0.322 e. The van der Waals surface area contributed by atoms with Gasteiger partial charge in [0.2, 0.25) is 0 Å². The summed E-state index contributed by atoms with van der Waals surface area (Å²) in [5.41, 5.74) is 0.590. The molecule has 0 unspecified atom stereocenters. The lowest BCUT2D eigenvalue weighted by molar-refractivity contribution is 0.102. The van der Waals surface area contributed by atoms with Crippen molar-refractivity contribution in [3.05, 3.63) is 88.4 Å². The van der Waals surface area contributed by atoms with Crippen molar-refractivity contribution in [2.24, 2.45) is 0 Å². The average Bonchev–Trinajstić information content (AvgIpc) is 2.65. The molecule has 0 spiro atoms. The fraction of sp³-hybridized carbons (Fsp3) is 0. The first-order chi connectivity index (χ1) is 13.2. The minimum absolute atomic E-state index is 0.0934. The zero-order valence-electron chi connectivity index (χ0n) is 14.1. The van der Waals surface area contributed by atoms with E-state index >= 15 is 0 Å². The first-order valence-electron chi connectivity index (χ1n) is 7.89. The Balaban J connectivity index is 1.71. The number of nitrogens with one attached hydrogen (secondary N) is 2. The first-order valence-corrected chi connectivity index (χ1v) is 10.2. The molecular weight excluding hydrogens is 454 g/mol. The Bertz CT molecular complexity index is 1120. The topological polar surface area (TPSA) is 75.3 Å². The van der Waals surface area contributed by atoms with Crippen molar-refractivity contribution < 1.29 is 22.0 Å².